The number of carbonyl (C=O) groups excluding carboxylic acids is 1. The minimum atomic E-state index is -1.83. The first-order chi connectivity index (χ1) is 5.72. The van der Waals surface area contributed by atoms with Gasteiger partial charge in [0.25, 0.3) is 0 Å². The van der Waals surface area contributed by atoms with Crippen LogP contribution < -0.4 is 0 Å². The molecule has 0 atom stereocenters. The molecule has 12 heavy (non-hydrogen) atoms. The Morgan fingerprint density at radius 3 is 1.67 bits per heavy atom. The van der Waals surface area contributed by atoms with Gasteiger partial charge in [0, 0.05) is 11.0 Å². The molecule has 0 saturated carbocycles. The quantitative estimate of drug-likeness (QED) is 0.499. The first-order valence-electron chi connectivity index (χ1n) is 3.89. The average Bonchev–Trinajstić information content (AvgIpc) is 2.06. The summed E-state index contributed by atoms with van der Waals surface area (Å²) < 4.78 is 19.5. The van der Waals surface area contributed by atoms with Gasteiger partial charge in [-0.2, -0.15) is 0 Å². The smallest absolute Gasteiger partial charge is 0.303 e. The van der Waals surface area contributed by atoms with Crippen LogP contribution in [0.2, 0.25) is 0 Å². The summed E-state index contributed by atoms with van der Waals surface area (Å²) in [6, 6.07) is 0. The minimum absolute atomic E-state index is 0.440. The number of carbonyl (C=O) groups is 1. The normalized spacial score (nSPS) is 8.25. The second-order valence-corrected chi connectivity index (χ2v) is 2.60. The molecular formula is C7H16O4P+. The van der Waals surface area contributed by atoms with E-state index in [-0.39, 0.29) is 0 Å². The molecule has 0 aliphatic heterocycles. The lowest BCUT2D eigenvalue weighted by Crippen LogP contribution is -1.81. The van der Waals surface area contributed by atoms with Crippen molar-refractivity contribution in [1.29, 1.82) is 0 Å². The average molecular weight is 195 g/mol. The minimum Gasteiger partial charge on any atom is -0.303 e. The van der Waals surface area contributed by atoms with E-state index < -0.39 is 8.25 Å². The van der Waals surface area contributed by atoms with Crippen molar-refractivity contribution >= 4 is 14.5 Å². The number of rotatable bonds is 5. The molecule has 0 N–H and O–H groups in total. The van der Waals surface area contributed by atoms with Crippen molar-refractivity contribution in [3.05, 3.63) is 0 Å². The second kappa shape index (κ2) is 13.3. The lowest BCUT2D eigenvalue weighted by atomic mass is 10.6. The van der Waals surface area contributed by atoms with Crippen LogP contribution >= 0.6 is 8.25 Å². The molecule has 4 nitrogen and oxygen atoms in total. The summed E-state index contributed by atoms with van der Waals surface area (Å²) in [5, 5.41) is 0. The van der Waals surface area contributed by atoms with Gasteiger partial charge in [-0.1, -0.05) is 6.92 Å². The standard InChI is InChI=1S/C4H10O3P.C3H6O/c1-3-6-8(5)7-4-2;1-2-3-4/h3-4H2,1-2H3;3H,2H2,1H3/q+1;. The van der Waals surface area contributed by atoms with E-state index in [4.69, 9.17) is 0 Å². The maximum absolute atomic E-state index is 10.3. The van der Waals surface area contributed by atoms with Crippen LogP contribution in [0.3, 0.4) is 0 Å². The highest BCUT2D eigenvalue weighted by Gasteiger charge is 2.15. The number of hydrogen-bond donors (Lipinski definition) is 0. The lowest BCUT2D eigenvalue weighted by molar-refractivity contribution is -0.107. The summed E-state index contributed by atoms with van der Waals surface area (Å²) in [5.41, 5.74) is 0. The second-order valence-electron chi connectivity index (χ2n) is 1.63. The van der Waals surface area contributed by atoms with Crippen LogP contribution in [0.25, 0.3) is 0 Å². The third-order valence-corrected chi connectivity index (χ3v) is 1.57. The first kappa shape index (κ1) is 14.2. The molecule has 72 valence electrons. The molecule has 0 aliphatic rings. The topological polar surface area (TPSA) is 52.6 Å². The summed E-state index contributed by atoms with van der Waals surface area (Å²) in [4.78, 5) is 9.17. The van der Waals surface area contributed by atoms with Crippen LogP contribution in [0, 0.1) is 0 Å². The predicted molar refractivity (Wildman–Crippen MR) is 47.2 cm³/mol. The predicted octanol–water partition coefficient (Wildman–Crippen LogP) is 2.31. The van der Waals surface area contributed by atoms with Crippen LogP contribution in [0.1, 0.15) is 27.2 Å². The molecule has 0 aliphatic carbocycles. The van der Waals surface area contributed by atoms with Gasteiger partial charge in [-0.15, -0.1) is 9.05 Å². The van der Waals surface area contributed by atoms with E-state index in [9.17, 15) is 9.36 Å². The van der Waals surface area contributed by atoms with Gasteiger partial charge in [0.15, 0.2) is 0 Å². The Morgan fingerprint density at radius 1 is 1.17 bits per heavy atom. The monoisotopic (exact) mass is 195 g/mol. The Hall–Kier alpha value is -0.310. The van der Waals surface area contributed by atoms with Crippen molar-refractivity contribution in [2.45, 2.75) is 27.2 Å². The molecule has 0 amide bonds. The molecule has 0 radical (unpaired) electrons. The zero-order valence-corrected chi connectivity index (χ0v) is 8.67. The summed E-state index contributed by atoms with van der Waals surface area (Å²) in [7, 11) is -1.83. The Bertz CT molecular complexity index is 108. The van der Waals surface area contributed by atoms with Gasteiger partial charge < -0.3 is 4.79 Å². The first-order valence-corrected chi connectivity index (χ1v) is 4.99. The Morgan fingerprint density at radius 2 is 1.50 bits per heavy atom. The molecule has 5 heteroatoms. The highest BCUT2D eigenvalue weighted by atomic mass is 31.1. The van der Waals surface area contributed by atoms with Crippen molar-refractivity contribution in [3.8, 4) is 0 Å². The van der Waals surface area contributed by atoms with Crippen molar-refractivity contribution in [2.75, 3.05) is 13.2 Å². The highest BCUT2D eigenvalue weighted by molar-refractivity contribution is 7.33. The molecule has 0 unspecified atom stereocenters. The number of aldehydes is 1. The van der Waals surface area contributed by atoms with Gasteiger partial charge in [-0.25, -0.2) is 0 Å². The van der Waals surface area contributed by atoms with Crippen LogP contribution in [0.5, 0.6) is 0 Å². The summed E-state index contributed by atoms with van der Waals surface area (Å²) in [5.74, 6) is 0. The van der Waals surface area contributed by atoms with Gasteiger partial charge in [0.2, 0.25) is 0 Å². The molecule has 0 aromatic rings. The highest BCUT2D eigenvalue weighted by Crippen LogP contribution is 2.21. The zero-order valence-electron chi connectivity index (χ0n) is 7.78. The maximum atomic E-state index is 10.3. The van der Waals surface area contributed by atoms with Crippen LogP contribution in [0.15, 0.2) is 0 Å². The van der Waals surface area contributed by atoms with E-state index in [0.717, 1.165) is 6.29 Å². The molecule has 0 saturated heterocycles. The van der Waals surface area contributed by atoms with Crippen molar-refractivity contribution in [3.63, 3.8) is 0 Å². The van der Waals surface area contributed by atoms with Gasteiger partial charge in [-0.3, -0.25) is 0 Å². The number of hydrogen-bond acceptors (Lipinski definition) is 4. The maximum Gasteiger partial charge on any atom is 0.697 e. The van der Waals surface area contributed by atoms with Crippen LogP contribution in [-0.4, -0.2) is 19.5 Å². The van der Waals surface area contributed by atoms with E-state index in [2.05, 4.69) is 9.05 Å². The molecule has 0 aromatic heterocycles. The Balaban J connectivity index is 0. The van der Waals surface area contributed by atoms with Gasteiger partial charge in [-0.05, 0) is 13.8 Å². The van der Waals surface area contributed by atoms with Crippen molar-refractivity contribution in [1.82, 2.24) is 0 Å². The van der Waals surface area contributed by atoms with E-state index in [0.29, 0.717) is 19.6 Å². The molecule has 0 spiro atoms. The van der Waals surface area contributed by atoms with E-state index >= 15 is 0 Å². The van der Waals surface area contributed by atoms with Gasteiger partial charge >= 0.3 is 8.25 Å². The van der Waals surface area contributed by atoms with E-state index in [1.54, 1.807) is 13.8 Å². The van der Waals surface area contributed by atoms with Crippen molar-refractivity contribution in [2.24, 2.45) is 0 Å². The summed E-state index contributed by atoms with van der Waals surface area (Å²) >= 11 is 0. The fraction of sp³-hybridized carbons (Fsp3) is 0.857. The summed E-state index contributed by atoms with van der Waals surface area (Å²) in [6.45, 7) is 6.23. The SMILES string of the molecule is CCC=O.CCO[P+](=O)OCC. The lowest BCUT2D eigenvalue weighted by Gasteiger charge is -1.78. The van der Waals surface area contributed by atoms with Gasteiger partial charge in [0.05, 0.1) is 0 Å². The Labute approximate surface area is 74.2 Å². The largest absolute Gasteiger partial charge is 0.697 e. The molecule has 0 aromatic carbocycles. The third kappa shape index (κ3) is 16.3. The molecule has 0 heterocycles. The fourth-order valence-electron chi connectivity index (χ4n) is 0.248. The molecule has 0 bridgehead atoms. The molecule has 0 fully saturated rings. The summed E-state index contributed by atoms with van der Waals surface area (Å²) in [6.07, 6.45) is 1.51. The molecular weight excluding hydrogens is 179 g/mol. The fourth-order valence-corrected chi connectivity index (χ4v) is 0.744. The Kier molecular flexibility index (Phi) is 15.8. The zero-order chi connectivity index (χ0) is 9.82. The van der Waals surface area contributed by atoms with Crippen LogP contribution in [0.4, 0.5) is 0 Å². The molecule has 0 rings (SSSR count). The van der Waals surface area contributed by atoms with E-state index in [1.165, 1.54) is 0 Å². The van der Waals surface area contributed by atoms with Crippen LogP contribution in [-0.2, 0) is 18.4 Å². The third-order valence-electron chi connectivity index (χ3n) is 0.636. The van der Waals surface area contributed by atoms with Crippen molar-refractivity contribution < 1.29 is 18.4 Å². The van der Waals surface area contributed by atoms with E-state index in [1.807, 2.05) is 6.92 Å². The van der Waals surface area contributed by atoms with Gasteiger partial charge in [0.1, 0.15) is 19.5 Å².